The first-order chi connectivity index (χ1) is 9.20. The predicted molar refractivity (Wildman–Crippen MR) is 75.7 cm³/mol. The van der Waals surface area contributed by atoms with E-state index in [-0.39, 0.29) is 11.7 Å². The summed E-state index contributed by atoms with van der Waals surface area (Å²) < 4.78 is 12.9. The standard InChI is InChI=1S/C15H14FNOS/c1-2-9-17(11-14-4-3-10-19-14)15(18)12-5-7-13(16)8-6-12/h2-8,10H,1,9,11H2. The number of thiophene rings is 1. The zero-order chi connectivity index (χ0) is 13.7. The number of benzene rings is 1. The molecule has 1 aromatic carbocycles. The highest BCUT2D eigenvalue weighted by Gasteiger charge is 2.15. The van der Waals surface area contributed by atoms with Gasteiger partial charge in [-0.1, -0.05) is 12.1 Å². The van der Waals surface area contributed by atoms with Gasteiger partial charge in [0.05, 0.1) is 6.54 Å². The molecule has 0 aliphatic heterocycles. The Morgan fingerprint density at radius 2 is 2.05 bits per heavy atom. The van der Waals surface area contributed by atoms with Crippen LogP contribution in [0.15, 0.2) is 54.4 Å². The first kappa shape index (κ1) is 13.5. The SMILES string of the molecule is C=CCN(Cc1cccs1)C(=O)c1ccc(F)cc1. The molecule has 4 heteroatoms. The van der Waals surface area contributed by atoms with Crippen LogP contribution in [-0.4, -0.2) is 17.4 Å². The summed E-state index contributed by atoms with van der Waals surface area (Å²) in [6, 6.07) is 9.53. The molecule has 0 spiro atoms. The third-order valence-corrected chi connectivity index (χ3v) is 3.52. The van der Waals surface area contributed by atoms with Crippen molar-refractivity contribution in [2.45, 2.75) is 6.54 Å². The zero-order valence-electron chi connectivity index (χ0n) is 10.4. The fourth-order valence-corrected chi connectivity index (χ4v) is 2.46. The van der Waals surface area contributed by atoms with Crippen LogP contribution in [0.25, 0.3) is 0 Å². The molecule has 0 N–H and O–H groups in total. The molecule has 2 aromatic rings. The van der Waals surface area contributed by atoms with Crippen LogP contribution in [-0.2, 0) is 6.54 Å². The highest BCUT2D eigenvalue weighted by molar-refractivity contribution is 7.09. The molecule has 0 radical (unpaired) electrons. The van der Waals surface area contributed by atoms with E-state index in [1.165, 1.54) is 24.3 Å². The van der Waals surface area contributed by atoms with E-state index in [2.05, 4.69) is 6.58 Å². The summed E-state index contributed by atoms with van der Waals surface area (Å²) in [4.78, 5) is 15.1. The molecule has 0 aliphatic rings. The molecule has 0 aliphatic carbocycles. The van der Waals surface area contributed by atoms with Crippen LogP contribution in [0.3, 0.4) is 0 Å². The van der Waals surface area contributed by atoms with E-state index >= 15 is 0 Å². The first-order valence-corrected chi connectivity index (χ1v) is 6.77. The molecule has 0 bridgehead atoms. The van der Waals surface area contributed by atoms with Crippen molar-refractivity contribution in [1.29, 1.82) is 0 Å². The van der Waals surface area contributed by atoms with Gasteiger partial charge in [0.2, 0.25) is 0 Å². The van der Waals surface area contributed by atoms with Gasteiger partial charge in [0.1, 0.15) is 5.82 Å². The summed E-state index contributed by atoms with van der Waals surface area (Å²) >= 11 is 1.60. The highest BCUT2D eigenvalue weighted by Crippen LogP contribution is 2.14. The normalized spacial score (nSPS) is 10.2. The van der Waals surface area contributed by atoms with Gasteiger partial charge in [-0.2, -0.15) is 0 Å². The van der Waals surface area contributed by atoms with E-state index in [1.807, 2.05) is 17.5 Å². The molecule has 0 saturated carbocycles. The molecule has 0 fully saturated rings. The fourth-order valence-electron chi connectivity index (χ4n) is 1.74. The second-order valence-electron chi connectivity index (χ2n) is 4.06. The van der Waals surface area contributed by atoms with Crippen molar-refractivity contribution in [2.24, 2.45) is 0 Å². The van der Waals surface area contributed by atoms with Crippen molar-refractivity contribution >= 4 is 17.2 Å². The van der Waals surface area contributed by atoms with Crippen molar-refractivity contribution in [2.75, 3.05) is 6.54 Å². The number of rotatable bonds is 5. The van der Waals surface area contributed by atoms with E-state index in [9.17, 15) is 9.18 Å². The number of hydrogen-bond acceptors (Lipinski definition) is 2. The van der Waals surface area contributed by atoms with Crippen LogP contribution in [0.2, 0.25) is 0 Å². The molecule has 1 heterocycles. The van der Waals surface area contributed by atoms with Gasteiger partial charge in [-0.3, -0.25) is 4.79 Å². The molecule has 1 aromatic heterocycles. The third kappa shape index (κ3) is 3.51. The third-order valence-electron chi connectivity index (χ3n) is 2.65. The average molecular weight is 275 g/mol. The number of halogens is 1. The number of amides is 1. The minimum atomic E-state index is -0.343. The van der Waals surface area contributed by atoms with Gasteiger partial charge in [-0.25, -0.2) is 4.39 Å². The van der Waals surface area contributed by atoms with Crippen molar-refractivity contribution in [3.63, 3.8) is 0 Å². The van der Waals surface area contributed by atoms with Gasteiger partial charge in [-0.05, 0) is 35.7 Å². The Morgan fingerprint density at radius 1 is 1.32 bits per heavy atom. The van der Waals surface area contributed by atoms with Crippen LogP contribution in [0.5, 0.6) is 0 Å². The zero-order valence-corrected chi connectivity index (χ0v) is 11.2. The lowest BCUT2D eigenvalue weighted by molar-refractivity contribution is 0.0764. The van der Waals surface area contributed by atoms with Crippen molar-refractivity contribution in [3.8, 4) is 0 Å². The van der Waals surface area contributed by atoms with E-state index in [1.54, 1.807) is 22.3 Å². The van der Waals surface area contributed by atoms with E-state index in [4.69, 9.17) is 0 Å². The van der Waals surface area contributed by atoms with Crippen LogP contribution >= 0.6 is 11.3 Å². The topological polar surface area (TPSA) is 20.3 Å². The predicted octanol–water partition coefficient (Wildman–Crippen LogP) is 3.72. The van der Waals surface area contributed by atoms with Gasteiger partial charge < -0.3 is 4.90 Å². The Kier molecular flexibility index (Phi) is 4.47. The van der Waals surface area contributed by atoms with Gasteiger partial charge in [-0.15, -0.1) is 17.9 Å². The Hall–Kier alpha value is -1.94. The maximum atomic E-state index is 12.9. The summed E-state index contributed by atoms with van der Waals surface area (Å²) in [5.74, 6) is -0.460. The Morgan fingerprint density at radius 3 is 2.63 bits per heavy atom. The largest absolute Gasteiger partial charge is 0.330 e. The van der Waals surface area contributed by atoms with Crippen LogP contribution in [0, 0.1) is 5.82 Å². The lowest BCUT2D eigenvalue weighted by Crippen LogP contribution is -2.30. The van der Waals surface area contributed by atoms with Crippen LogP contribution in [0.4, 0.5) is 4.39 Å². The van der Waals surface area contributed by atoms with Gasteiger partial charge in [0, 0.05) is 17.0 Å². The monoisotopic (exact) mass is 275 g/mol. The second-order valence-corrected chi connectivity index (χ2v) is 5.09. The molecule has 0 atom stereocenters. The molecule has 1 amide bonds. The molecular formula is C15H14FNOS. The van der Waals surface area contributed by atoms with Crippen molar-refractivity contribution in [3.05, 3.63) is 70.7 Å². The number of carbonyl (C=O) groups is 1. The van der Waals surface area contributed by atoms with E-state index < -0.39 is 0 Å². The number of carbonyl (C=O) groups excluding carboxylic acids is 1. The van der Waals surface area contributed by atoms with Gasteiger partial charge in [0.25, 0.3) is 5.91 Å². The number of nitrogens with zero attached hydrogens (tertiary/aromatic N) is 1. The minimum Gasteiger partial charge on any atom is -0.330 e. The molecule has 19 heavy (non-hydrogen) atoms. The summed E-state index contributed by atoms with van der Waals surface area (Å²) in [6.45, 7) is 4.68. The molecular weight excluding hydrogens is 261 g/mol. The molecule has 98 valence electrons. The quantitative estimate of drug-likeness (QED) is 0.762. The van der Waals surface area contributed by atoms with Crippen LogP contribution in [0.1, 0.15) is 15.2 Å². The Balaban J connectivity index is 2.16. The van der Waals surface area contributed by atoms with Crippen molar-refractivity contribution in [1.82, 2.24) is 4.90 Å². The minimum absolute atomic E-state index is 0.117. The van der Waals surface area contributed by atoms with Crippen molar-refractivity contribution < 1.29 is 9.18 Å². The average Bonchev–Trinajstić information content (AvgIpc) is 2.91. The molecule has 2 nitrogen and oxygen atoms in total. The summed E-state index contributed by atoms with van der Waals surface area (Å²) in [5.41, 5.74) is 0.486. The summed E-state index contributed by atoms with van der Waals surface area (Å²) in [6.07, 6.45) is 1.69. The second kappa shape index (κ2) is 6.29. The maximum Gasteiger partial charge on any atom is 0.254 e. The summed E-state index contributed by atoms with van der Waals surface area (Å²) in [7, 11) is 0. The lowest BCUT2D eigenvalue weighted by Gasteiger charge is -2.20. The lowest BCUT2D eigenvalue weighted by atomic mass is 10.2. The maximum absolute atomic E-state index is 12.9. The molecule has 2 rings (SSSR count). The molecule has 0 saturated heterocycles. The molecule has 0 unspecified atom stereocenters. The first-order valence-electron chi connectivity index (χ1n) is 5.89. The Labute approximate surface area is 115 Å². The van der Waals surface area contributed by atoms with Crippen LogP contribution < -0.4 is 0 Å². The summed E-state index contributed by atoms with van der Waals surface area (Å²) in [5, 5.41) is 1.98. The van der Waals surface area contributed by atoms with Gasteiger partial charge in [0.15, 0.2) is 0 Å². The number of hydrogen-bond donors (Lipinski definition) is 0. The smallest absolute Gasteiger partial charge is 0.254 e. The fraction of sp³-hybridized carbons (Fsp3) is 0.133. The van der Waals surface area contributed by atoms with E-state index in [0.29, 0.717) is 18.7 Å². The highest BCUT2D eigenvalue weighted by atomic mass is 32.1. The van der Waals surface area contributed by atoms with Gasteiger partial charge >= 0.3 is 0 Å². The Bertz CT molecular complexity index is 548. The van der Waals surface area contributed by atoms with E-state index in [0.717, 1.165) is 4.88 Å².